The van der Waals surface area contributed by atoms with Crippen LogP contribution in [0, 0.1) is 0 Å². The van der Waals surface area contributed by atoms with Crippen molar-refractivity contribution in [2.45, 2.75) is 0 Å². The van der Waals surface area contributed by atoms with Crippen molar-refractivity contribution in [1.29, 1.82) is 0 Å². The average Bonchev–Trinajstić information content (AvgIpc) is 3.19. The van der Waals surface area contributed by atoms with Gasteiger partial charge in [-0.1, -0.05) is 36.4 Å². The molecule has 0 fully saturated rings. The molecule has 122 valence electrons. The van der Waals surface area contributed by atoms with E-state index in [1.165, 1.54) is 12.4 Å². The smallest absolute Gasteiger partial charge is 0.337 e. The van der Waals surface area contributed by atoms with Gasteiger partial charge in [0.15, 0.2) is 0 Å². The molecular formula is C18H14N2O4Zn. The number of hydrogen-bond donors (Lipinski definition) is 4. The van der Waals surface area contributed by atoms with Gasteiger partial charge in [0.1, 0.15) is 0 Å². The van der Waals surface area contributed by atoms with Crippen LogP contribution < -0.4 is 0 Å². The van der Waals surface area contributed by atoms with Crippen molar-refractivity contribution in [1.82, 2.24) is 9.97 Å². The molecule has 2 heterocycles. The molecule has 4 aromatic rings. The van der Waals surface area contributed by atoms with Gasteiger partial charge in [-0.2, -0.15) is 0 Å². The van der Waals surface area contributed by atoms with Crippen LogP contribution in [-0.4, -0.2) is 32.1 Å². The largest absolute Gasteiger partial charge is 0.478 e. The van der Waals surface area contributed by atoms with Crippen molar-refractivity contribution in [2.75, 3.05) is 0 Å². The van der Waals surface area contributed by atoms with Gasteiger partial charge in [0.05, 0.1) is 11.1 Å². The molecular weight excluding hydrogens is 374 g/mol. The molecule has 0 aliphatic carbocycles. The van der Waals surface area contributed by atoms with Crippen LogP contribution in [0.2, 0.25) is 0 Å². The Morgan fingerprint density at radius 3 is 1.40 bits per heavy atom. The van der Waals surface area contributed by atoms with E-state index >= 15 is 0 Å². The topological polar surface area (TPSA) is 106 Å². The van der Waals surface area contributed by atoms with Crippen molar-refractivity contribution in [3.05, 3.63) is 72.1 Å². The zero-order valence-electron chi connectivity index (χ0n) is 13.2. The van der Waals surface area contributed by atoms with Crippen molar-refractivity contribution < 1.29 is 39.3 Å². The maximum absolute atomic E-state index is 10.7. The average molecular weight is 388 g/mol. The number of rotatable bonds is 2. The SMILES string of the molecule is O=C(O)c1c[nH]c2ccccc12.O=C(O)c1c[nH]c2ccccc12.[Zn]. The molecule has 0 aliphatic heterocycles. The van der Waals surface area contributed by atoms with Gasteiger partial charge in [0.2, 0.25) is 0 Å². The Kier molecular flexibility index (Phi) is 5.73. The van der Waals surface area contributed by atoms with Gasteiger partial charge >= 0.3 is 11.9 Å². The molecule has 2 aromatic carbocycles. The van der Waals surface area contributed by atoms with E-state index in [2.05, 4.69) is 9.97 Å². The number of para-hydroxylation sites is 2. The summed E-state index contributed by atoms with van der Waals surface area (Å²) in [7, 11) is 0. The molecule has 0 spiro atoms. The number of nitrogens with one attached hydrogen (secondary N) is 2. The van der Waals surface area contributed by atoms with E-state index in [-0.39, 0.29) is 19.5 Å². The van der Waals surface area contributed by atoms with Crippen molar-refractivity contribution in [2.24, 2.45) is 0 Å². The maximum Gasteiger partial charge on any atom is 0.337 e. The number of fused-ring (bicyclic) bond motifs is 2. The van der Waals surface area contributed by atoms with Crippen LogP contribution in [0.1, 0.15) is 20.7 Å². The first kappa shape index (κ1) is 18.4. The van der Waals surface area contributed by atoms with E-state index in [0.29, 0.717) is 11.1 Å². The summed E-state index contributed by atoms with van der Waals surface area (Å²) in [5.74, 6) is -1.79. The molecule has 0 unspecified atom stereocenters. The van der Waals surface area contributed by atoms with Crippen LogP contribution in [0.5, 0.6) is 0 Å². The maximum atomic E-state index is 10.7. The minimum absolute atomic E-state index is 0. The minimum Gasteiger partial charge on any atom is -0.478 e. The van der Waals surface area contributed by atoms with Gasteiger partial charge in [0.25, 0.3) is 0 Å². The zero-order valence-corrected chi connectivity index (χ0v) is 16.2. The van der Waals surface area contributed by atoms with Crippen LogP contribution in [0.4, 0.5) is 0 Å². The number of carboxylic acid groups (broad SMARTS) is 2. The van der Waals surface area contributed by atoms with Crippen LogP contribution in [-0.2, 0) is 19.5 Å². The number of aromatic nitrogens is 2. The molecule has 0 atom stereocenters. The molecule has 0 saturated heterocycles. The third kappa shape index (κ3) is 3.78. The van der Waals surface area contributed by atoms with E-state index in [9.17, 15) is 9.59 Å². The molecule has 2 aromatic heterocycles. The molecule has 4 rings (SSSR count). The van der Waals surface area contributed by atoms with E-state index in [0.717, 1.165) is 21.8 Å². The molecule has 7 heteroatoms. The third-order valence-corrected chi connectivity index (χ3v) is 3.64. The van der Waals surface area contributed by atoms with E-state index in [1.807, 2.05) is 36.4 Å². The number of aromatic carboxylic acids is 2. The fourth-order valence-electron chi connectivity index (χ4n) is 2.50. The summed E-state index contributed by atoms with van der Waals surface area (Å²) in [6, 6.07) is 14.6. The fourth-order valence-corrected chi connectivity index (χ4v) is 2.50. The van der Waals surface area contributed by atoms with Gasteiger partial charge in [-0.3, -0.25) is 0 Å². The van der Waals surface area contributed by atoms with E-state index < -0.39 is 11.9 Å². The van der Waals surface area contributed by atoms with Crippen LogP contribution in [0.15, 0.2) is 60.9 Å². The summed E-state index contributed by atoms with van der Waals surface area (Å²) >= 11 is 0. The number of carboxylic acids is 2. The number of carbonyl (C=O) groups is 2. The fraction of sp³-hybridized carbons (Fsp3) is 0. The second kappa shape index (κ2) is 7.77. The van der Waals surface area contributed by atoms with Crippen LogP contribution >= 0.6 is 0 Å². The van der Waals surface area contributed by atoms with Crippen LogP contribution in [0.3, 0.4) is 0 Å². The molecule has 0 saturated carbocycles. The molecule has 0 aliphatic rings. The Labute approximate surface area is 155 Å². The summed E-state index contributed by atoms with van der Waals surface area (Å²) in [6.45, 7) is 0. The summed E-state index contributed by atoms with van der Waals surface area (Å²) in [4.78, 5) is 27.1. The molecule has 6 nitrogen and oxygen atoms in total. The zero-order chi connectivity index (χ0) is 17.1. The van der Waals surface area contributed by atoms with E-state index in [1.54, 1.807) is 12.1 Å². The molecule has 0 radical (unpaired) electrons. The van der Waals surface area contributed by atoms with Gasteiger partial charge in [-0.15, -0.1) is 0 Å². The van der Waals surface area contributed by atoms with E-state index in [4.69, 9.17) is 10.2 Å². The molecule has 0 bridgehead atoms. The number of aromatic amines is 2. The second-order valence-corrected chi connectivity index (χ2v) is 5.11. The molecule has 0 amide bonds. The predicted octanol–water partition coefficient (Wildman–Crippen LogP) is 3.73. The van der Waals surface area contributed by atoms with Crippen molar-refractivity contribution >= 4 is 33.7 Å². The van der Waals surface area contributed by atoms with Gasteiger partial charge in [0, 0.05) is 53.7 Å². The number of hydrogen-bond acceptors (Lipinski definition) is 2. The summed E-state index contributed by atoms with van der Waals surface area (Å²) in [6.07, 6.45) is 3.01. The summed E-state index contributed by atoms with van der Waals surface area (Å²) in [5.41, 5.74) is 2.36. The summed E-state index contributed by atoms with van der Waals surface area (Å²) in [5, 5.41) is 19.0. The Balaban J connectivity index is 0.000000173. The molecule has 4 N–H and O–H groups in total. The number of benzene rings is 2. The first-order valence-electron chi connectivity index (χ1n) is 7.16. The Hall–Kier alpha value is -2.92. The monoisotopic (exact) mass is 386 g/mol. The number of H-pyrrole nitrogens is 2. The Morgan fingerprint density at radius 1 is 0.680 bits per heavy atom. The quantitative estimate of drug-likeness (QED) is 0.393. The van der Waals surface area contributed by atoms with Crippen molar-refractivity contribution in [3.8, 4) is 0 Å². The second-order valence-electron chi connectivity index (χ2n) is 5.11. The Morgan fingerprint density at radius 2 is 1.04 bits per heavy atom. The molecule has 25 heavy (non-hydrogen) atoms. The standard InChI is InChI=1S/2C9H7NO2.Zn/c2*11-9(12)7-5-10-8-4-2-1-3-6(7)8;/h2*1-5,10H,(H,11,12);. The third-order valence-electron chi connectivity index (χ3n) is 3.64. The van der Waals surface area contributed by atoms with Gasteiger partial charge in [-0.25, -0.2) is 9.59 Å². The normalized spacial score (nSPS) is 9.92. The first-order valence-corrected chi connectivity index (χ1v) is 7.16. The van der Waals surface area contributed by atoms with Crippen molar-refractivity contribution in [3.63, 3.8) is 0 Å². The first-order chi connectivity index (χ1) is 11.6. The Bertz CT molecular complexity index is 952. The van der Waals surface area contributed by atoms with Crippen LogP contribution in [0.25, 0.3) is 21.8 Å². The van der Waals surface area contributed by atoms with Gasteiger partial charge in [-0.05, 0) is 12.1 Å². The van der Waals surface area contributed by atoms with Gasteiger partial charge < -0.3 is 20.2 Å². The predicted molar refractivity (Wildman–Crippen MR) is 90.5 cm³/mol. The minimum atomic E-state index is -0.896. The summed E-state index contributed by atoms with van der Waals surface area (Å²) < 4.78 is 0.